The van der Waals surface area contributed by atoms with Crippen LogP contribution in [0.1, 0.15) is 25.7 Å². The molecule has 6 heteroatoms. The van der Waals surface area contributed by atoms with Crippen molar-refractivity contribution in [3.63, 3.8) is 0 Å². The lowest BCUT2D eigenvalue weighted by Gasteiger charge is -2.27. The Morgan fingerprint density at radius 3 is 2.82 bits per heavy atom. The van der Waals surface area contributed by atoms with Crippen LogP contribution in [-0.2, 0) is 11.3 Å². The molecule has 1 aliphatic rings. The first kappa shape index (κ1) is 15.7. The number of amides is 1. The molecular weight excluding hydrogens is 316 g/mol. The number of morpholine rings is 1. The molecule has 4 nitrogen and oxygen atoms in total. The van der Waals surface area contributed by atoms with Gasteiger partial charge in [0, 0.05) is 30.1 Å². The first-order valence-corrected chi connectivity index (χ1v) is 9.08. The molecule has 1 aliphatic heterocycles. The first-order chi connectivity index (χ1) is 10.6. The fraction of sp³-hybridized carbons (Fsp3) is 0.438. The van der Waals surface area contributed by atoms with Crippen LogP contribution in [0.3, 0.4) is 0 Å². The minimum atomic E-state index is -0.0144. The summed E-state index contributed by atoms with van der Waals surface area (Å²) in [6, 6.07) is 3.76. The monoisotopic (exact) mass is 336 g/mol. The number of nitrogens with zero attached hydrogens (tertiary/aromatic N) is 1. The minimum Gasteiger partial charge on any atom is -0.379 e. The van der Waals surface area contributed by atoms with Crippen molar-refractivity contribution < 1.29 is 9.53 Å². The summed E-state index contributed by atoms with van der Waals surface area (Å²) in [6.07, 6.45) is 0. The molecule has 1 amide bonds. The van der Waals surface area contributed by atoms with Gasteiger partial charge in [-0.2, -0.15) is 0 Å². The number of ether oxygens (including phenoxy) is 1. The van der Waals surface area contributed by atoms with Crippen molar-refractivity contribution in [1.82, 2.24) is 4.90 Å². The molecular formula is C16H20N2O2S2. The van der Waals surface area contributed by atoms with Crippen molar-refractivity contribution in [2.75, 3.05) is 31.6 Å². The highest BCUT2D eigenvalue weighted by Crippen LogP contribution is 2.34. The van der Waals surface area contributed by atoms with E-state index in [1.807, 2.05) is 17.5 Å². The number of anilines is 1. The maximum Gasteiger partial charge on any atom is 0.266 e. The van der Waals surface area contributed by atoms with Crippen LogP contribution >= 0.6 is 22.7 Å². The zero-order chi connectivity index (χ0) is 15.5. The number of hydrogen-bond donors (Lipinski definition) is 1. The number of hydrogen-bond acceptors (Lipinski definition) is 5. The van der Waals surface area contributed by atoms with Crippen molar-refractivity contribution in [2.45, 2.75) is 20.4 Å². The highest BCUT2D eigenvalue weighted by molar-refractivity contribution is 7.17. The normalized spacial score (nSPS) is 15.9. The van der Waals surface area contributed by atoms with E-state index in [-0.39, 0.29) is 5.91 Å². The van der Waals surface area contributed by atoms with E-state index in [0.717, 1.165) is 42.7 Å². The van der Waals surface area contributed by atoms with Crippen LogP contribution in [0, 0.1) is 13.8 Å². The smallest absolute Gasteiger partial charge is 0.266 e. The fourth-order valence-electron chi connectivity index (χ4n) is 2.52. The first-order valence-electron chi connectivity index (χ1n) is 7.39. The molecule has 0 aliphatic carbocycles. The Balaban J connectivity index is 1.78. The third-order valence-electron chi connectivity index (χ3n) is 3.97. The molecule has 0 bridgehead atoms. The zero-order valence-electron chi connectivity index (χ0n) is 12.8. The number of thiophene rings is 2. The highest BCUT2D eigenvalue weighted by atomic mass is 32.1. The highest BCUT2D eigenvalue weighted by Gasteiger charge is 2.19. The summed E-state index contributed by atoms with van der Waals surface area (Å²) in [6.45, 7) is 8.61. The largest absolute Gasteiger partial charge is 0.379 e. The molecule has 22 heavy (non-hydrogen) atoms. The SMILES string of the molecule is Cc1sc(NC(=O)c2cccs2)c(CN2CCOCC2)c1C. The van der Waals surface area contributed by atoms with E-state index in [9.17, 15) is 4.79 Å². The predicted molar refractivity (Wildman–Crippen MR) is 92.2 cm³/mol. The van der Waals surface area contributed by atoms with Crippen LogP contribution in [0.2, 0.25) is 0 Å². The van der Waals surface area contributed by atoms with Crippen LogP contribution < -0.4 is 5.32 Å². The topological polar surface area (TPSA) is 41.6 Å². The van der Waals surface area contributed by atoms with Gasteiger partial charge in [0.2, 0.25) is 0 Å². The lowest BCUT2D eigenvalue weighted by Crippen LogP contribution is -2.35. The van der Waals surface area contributed by atoms with E-state index in [2.05, 4.69) is 24.1 Å². The summed E-state index contributed by atoms with van der Waals surface area (Å²) in [5.41, 5.74) is 2.53. The molecule has 0 unspecified atom stereocenters. The van der Waals surface area contributed by atoms with E-state index in [1.54, 1.807) is 11.3 Å². The quantitative estimate of drug-likeness (QED) is 0.929. The van der Waals surface area contributed by atoms with Gasteiger partial charge in [-0.05, 0) is 30.9 Å². The average molecular weight is 336 g/mol. The number of nitrogens with one attached hydrogen (secondary N) is 1. The molecule has 0 atom stereocenters. The van der Waals surface area contributed by atoms with Gasteiger partial charge < -0.3 is 10.1 Å². The Hall–Kier alpha value is -1.21. The Morgan fingerprint density at radius 2 is 2.14 bits per heavy atom. The van der Waals surface area contributed by atoms with Gasteiger partial charge in [-0.25, -0.2) is 0 Å². The van der Waals surface area contributed by atoms with Gasteiger partial charge in [0.05, 0.1) is 18.1 Å². The van der Waals surface area contributed by atoms with Crippen molar-refractivity contribution in [3.05, 3.63) is 38.4 Å². The molecule has 1 saturated heterocycles. The van der Waals surface area contributed by atoms with E-state index < -0.39 is 0 Å². The number of carbonyl (C=O) groups excluding carboxylic acids is 1. The predicted octanol–water partition coefficient (Wildman–Crippen LogP) is 3.51. The maximum atomic E-state index is 12.3. The Bertz CT molecular complexity index is 643. The summed E-state index contributed by atoms with van der Waals surface area (Å²) in [5, 5.41) is 6.01. The maximum absolute atomic E-state index is 12.3. The Kier molecular flexibility index (Phi) is 4.93. The van der Waals surface area contributed by atoms with Crippen LogP contribution in [-0.4, -0.2) is 37.1 Å². The molecule has 0 spiro atoms. The van der Waals surface area contributed by atoms with Gasteiger partial charge >= 0.3 is 0 Å². The molecule has 3 rings (SSSR count). The summed E-state index contributed by atoms with van der Waals surface area (Å²) in [4.78, 5) is 16.7. The molecule has 1 fully saturated rings. The Morgan fingerprint density at radius 1 is 1.36 bits per heavy atom. The van der Waals surface area contributed by atoms with Gasteiger partial charge in [0.15, 0.2) is 0 Å². The number of carbonyl (C=O) groups is 1. The van der Waals surface area contributed by atoms with Gasteiger partial charge in [-0.15, -0.1) is 22.7 Å². The van der Waals surface area contributed by atoms with Crippen LogP contribution in [0.25, 0.3) is 0 Å². The zero-order valence-corrected chi connectivity index (χ0v) is 14.5. The van der Waals surface area contributed by atoms with Crippen molar-refractivity contribution in [2.24, 2.45) is 0 Å². The van der Waals surface area contributed by atoms with Gasteiger partial charge in [0.25, 0.3) is 5.91 Å². The second kappa shape index (κ2) is 6.91. The molecule has 0 saturated carbocycles. The standard InChI is InChI=1S/C16H20N2O2S2/c1-11-12(2)22-16(17-15(19)14-4-3-9-21-14)13(11)10-18-5-7-20-8-6-18/h3-4,9H,5-8,10H2,1-2H3,(H,17,19). The van der Waals surface area contributed by atoms with Gasteiger partial charge in [-0.3, -0.25) is 9.69 Å². The van der Waals surface area contributed by atoms with Gasteiger partial charge in [0.1, 0.15) is 5.00 Å². The van der Waals surface area contributed by atoms with Crippen LogP contribution in [0.4, 0.5) is 5.00 Å². The number of aryl methyl sites for hydroxylation is 1. The second-order valence-corrected chi connectivity index (χ2v) is 7.58. The Labute approximate surface area is 138 Å². The second-order valence-electron chi connectivity index (χ2n) is 5.41. The van der Waals surface area contributed by atoms with Crippen LogP contribution in [0.5, 0.6) is 0 Å². The van der Waals surface area contributed by atoms with E-state index >= 15 is 0 Å². The van der Waals surface area contributed by atoms with Crippen molar-refractivity contribution in [1.29, 1.82) is 0 Å². The van der Waals surface area contributed by atoms with E-state index in [1.165, 1.54) is 27.3 Å². The molecule has 3 heterocycles. The summed E-state index contributed by atoms with van der Waals surface area (Å²) >= 11 is 3.14. The molecule has 2 aromatic heterocycles. The van der Waals surface area contributed by atoms with Crippen molar-refractivity contribution >= 4 is 33.6 Å². The summed E-state index contributed by atoms with van der Waals surface area (Å²) in [7, 11) is 0. The summed E-state index contributed by atoms with van der Waals surface area (Å²) in [5.74, 6) is -0.0144. The fourth-order valence-corrected chi connectivity index (χ4v) is 4.21. The van der Waals surface area contributed by atoms with Crippen molar-refractivity contribution in [3.8, 4) is 0 Å². The molecule has 0 radical (unpaired) electrons. The van der Waals surface area contributed by atoms with Gasteiger partial charge in [-0.1, -0.05) is 6.07 Å². The third-order valence-corrected chi connectivity index (χ3v) is 6.00. The van der Waals surface area contributed by atoms with E-state index in [4.69, 9.17) is 4.74 Å². The summed E-state index contributed by atoms with van der Waals surface area (Å²) < 4.78 is 5.41. The average Bonchev–Trinajstić information content (AvgIpc) is 3.14. The molecule has 0 aromatic carbocycles. The third kappa shape index (κ3) is 3.41. The minimum absolute atomic E-state index is 0.0144. The molecule has 1 N–H and O–H groups in total. The lowest BCUT2D eigenvalue weighted by molar-refractivity contribution is 0.0342. The lowest BCUT2D eigenvalue weighted by atomic mass is 10.1. The van der Waals surface area contributed by atoms with E-state index in [0.29, 0.717) is 0 Å². The van der Waals surface area contributed by atoms with Crippen LogP contribution in [0.15, 0.2) is 17.5 Å². The number of rotatable bonds is 4. The molecule has 2 aromatic rings. The molecule has 118 valence electrons.